The van der Waals surface area contributed by atoms with Gasteiger partial charge in [-0.2, -0.15) is 0 Å². The maximum Gasteiger partial charge on any atom is 0.224 e. The number of hydrogen-bond donors (Lipinski definition) is 1. The molecule has 2 bridgehead atoms. The second-order valence-electron chi connectivity index (χ2n) is 6.84. The first-order valence-electron chi connectivity index (χ1n) is 8.84. The predicted molar refractivity (Wildman–Crippen MR) is 97.0 cm³/mol. The van der Waals surface area contributed by atoms with Crippen LogP contribution in [0.3, 0.4) is 0 Å². The van der Waals surface area contributed by atoms with Gasteiger partial charge in [0, 0.05) is 18.4 Å². The van der Waals surface area contributed by atoms with Crippen molar-refractivity contribution in [1.82, 2.24) is 5.32 Å². The molecule has 0 aromatic heterocycles. The van der Waals surface area contributed by atoms with E-state index in [0.717, 1.165) is 6.42 Å². The molecule has 5 rings (SSSR count). The van der Waals surface area contributed by atoms with E-state index in [0.29, 0.717) is 18.4 Å². The lowest BCUT2D eigenvalue weighted by Gasteiger charge is -2.50. The summed E-state index contributed by atoms with van der Waals surface area (Å²) < 4.78 is 0. The zero-order chi connectivity index (χ0) is 16.7. The Bertz CT molecular complexity index is 747. The molecule has 2 aromatic rings. The minimum atomic E-state index is 0.00440. The molecule has 0 spiro atoms. The number of hydrogen-bond acceptors (Lipinski definition) is 1. The van der Waals surface area contributed by atoms with Crippen molar-refractivity contribution >= 4 is 5.91 Å². The lowest BCUT2D eigenvalue weighted by molar-refractivity contribution is -0.128. The molecule has 3 aliphatic rings. The van der Waals surface area contributed by atoms with Gasteiger partial charge in [-0.05, 0) is 28.2 Å². The monoisotopic (exact) mass is 317 g/mol. The summed E-state index contributed by atoms with van der Waals surface area (Å²) in [6, 6.07) is 17.4. The van der Waals surface area contributed by atoms with E-state index in [2.05, 4.69) is 67.4 Å². The second-order valence-corrected chi connectivity index (χ2v) is 6.84. The molecule has 0 fully saturated rings. The van der Waals surface area contributed by atoms with Gasteiger partial charge in [0.05, 0.1) is 5.92 Å². The Labute approximate surface area is 143 Å². The minimum Gasteiger partial charge on any atom is -0.352 e. The molecular formula is C22H23NO. The first-order chi connectivity index (χ1) is 11.8. The zero-order valence-corrected chi connectivity index (χ0v) is 14.0. The third-order valence-electron chi connectivity index (χ3n) is 5.78. The number of carbonyl (C=O) groups excluding carboxylic acids is 1. The summed E-state index contributed by atoms with van der Waals surface area (Å²) in [5.41, 5.74) is 5.51. The van der Waals surface area contributed by atoms with E-state index in [1.165, 1.54) is 22.3 Å². The Morgan fingerprint density at radius 3 is 1.96 bits per heavy atom. The Kier molecular flexibility index (Phi) is 3.76. The van der Waals surface area contributed by atoms with Crippen LogP contribution in [-0.2, 0) is 4.79 Å². The van der Waals surface area contributed by atoms with Crippen molar-refractivity contribution in [3.05, 3.63) is 83.4 Å². The summed E-state index contributed by atoms with van der Waals surface area (Å²) in [6.07, 6.45) is 2.76. The van der Waals surface area contributed by atoms with Crippen LogP contribution in [-0.4, -0.2) is 12.5 Å². The van der Waals surface area contributed by atoms with E-state index < -0.39 is 0 Å². The fourth-order valence-corrected chi connectivity index (χ4v) is 4.92. The summed E-state index contributed by atoms with van der Waals surface area (Å²) in [7, 11) is 0. The van der Waals surface area contributed by atoms with Crippen LogP contribution in [0.1, 0.15) is 47.4 Å². The SMILES string of the molecule is C=CCNC(=O)C1C2c3ccccc3C(c3ccccc32)C1CC. The summed E-state index contributed by atoms with van der Waals surface area (Å²) >= 11 is 0. The van der Waals surface area contributed by atoms with Crippen molar-refractivity contribution < 1.29 is 4.79 Å². The molecule has 2 heteroatoms. The molecular weight excluding hydrogens is 294 g/mol. The molecule has 1 N–H and O–H groups in total. The van der Waals surface area contributed by atoms with Gasteiger partial charge in [-0.25, -0.2) is 0 Å². The molecule has 0 saturated heterocycles. The van der Waals surface area contributed by atoms with E-state index in [1.54, 1.807) is 6.08 Å². The van der Waals surface area contributed by atoms with Gasteiger partial charge in [-0.3, -0.25) is 4.79 Å². The number of benzene rings is 2. The molecule has 0 heterocycles. The topological polar surface area (TPSA) is 29.1 Å². The summed E-state index contributed by atoms with van der Waals surface area (Å²) in [5.74, 6) is 1.01. The zero-order valence-electron chi connectivity index (χ0n) is 14.0. The maximum atomic E-state index is 13.0. The van der Waals surface area contributed by atoms with E-state index in [4.69, 9.17) is 0 Å². The largest absolute Gasteiger partial charge is 0.352 e. The third kappa shape index (κ3) is 2.06. The smallest absolute Gasteiger partial charge is 0.224 e. The Morgan fingerprint density at radius 2 is 1.50 bits per heavy atom. The average Bonchev–Trinajstić information content (AvgIpc) is 2.65. The molecule has 24 heavy (non-hydrogen) atoms. The van der Waals surface area contributed by atoms with E-state index >= 15 is 0 Å². The van der Waals surface area contributed by atoms with Gasteiger partial charge in [-0.15, -0.1) is 6.58 Å². The average molecular weight is 317 g/mol. The van der Waals surface area contributed by atoms with Crippen molar-refractivity contribution in [3.63, 3.8) is 0 Å². The number of carbonyl (C=O) groups is 1. The summed E-state index contributed by atoms with van der Waals surface area (Å²) in [6.45, 7) is 6.47. The van der Waals surface area contributed by atoms with Crippen LogP contribution in [0.25, 0.3) is 0 Å². The molecule has 1 amide bonds. The normalized spacial score (nSPS) is 26.4. The molecule has 2 aromatic carbocycles. The summed E-state index contributed by atoms with van der Waals surface area (Å²) in [4.78, 5) is 13.0. The van der Waals surface area contributed by atoms with Crippen LogP contribution in [0.15, 0.2) is 61.2 Å². The molecule has 3 aliphatic carbocycles. The van der Waals surface area contributed by atoms with E-state index in [9.17, 15) is 4.79 Å². The third-order valence-corrected chi connectivity index (χ3v) is 5.78. The van der Waals surface area contributed by atoms with Crippen LogP contribution in [0.4, 0.5) is 0 Å². The Morgan fingerprint density at radius 1 is 1.00 bits per heavy atom. The quantitative estimate of drug-likeness (QED) is 0.840. The van der Waals surface area contributed by atoms with Crippen LogP contribution in [0.5, 0.6) is 0 Å². The fourth-order valence-electron chi connectivity index (χ4n) is 4.92. The standard InChI is InChI=1S/C22H23NO/c1-3-13-23-22(24)21-14(4-2)19-15-9-5-7-11-17(15)20(21)18-12-8-6-10-16(18)19/h3,5-12,14,19-21H,1,4,13H2,2H3,(H,23,24). The second kappa shape index (κ2) is 5.94. The van der Waals surface area contributed by atoms with Gasteiger partial charge in [0.2, 0.25) is 5.91 Å². The first-order valence-corrected chi connectivity index (χ1v) is 8.84. The van der Waals surface area contributed by atoms with Gasteiger partial charge < -0.3 is 5.32 Å². The van der Waals surface area contributed by atoms with Crippen molar-refractivity contribution in [2.75, 3.05) is 6.54 Å². The van der Waals surface area contributed by atoms with Gasteiger partial charge in [0.1, 0.15) is 0 Å². The number of fused-ring (bicyclic) bond motifs is 1. The number of rotatable bonds is 4. The minimum absolute atomic E-state index is 0.00440. The maximum absolute atomic E-state index is 13.0. The van der Waals surface area contributed by atoms with Crippen molar-refractivity contribution in [2.45, 2.75) is 25.2 Å². The van der Waals surface area contributed by atoms with Gasteiger partial charge in [0.15, 0.2) is 0 Å². The number of amides is 1. The molecule has 2 nitrogen and oxygen atoms in total. The lowest BCUT2D eigenvalue weighted by atomic mass is 9.53. The highest BCUT2D eigenvalue weighted by atomic mass is 16.1. The van der Waals surface area contributed by atoms with Gasteiger partial charge in [-0.1, -0.05) is 68.0 Å². The highest BCUT2D eigenvalue weighted by Crippen LogP contribution is 2.59. The highest BCUT2D eigenvalue weighted by Gasteiger charge is 2.51. The van der Waals surface area contributed by atoms with Crippen LogP contribution in [0, 0.1) is 11.8 Å². The molecule has 122 valence electrons. The van der Waals surface area contributed by atoms with Crippen LogP contribution in [0.2, 0.25) is 0 Å². The highest BCUT2D eigenvalue weighted by molar-refractivity contribution is 5.83. The molecule has 0 aliphatic heterocycles. The molecule has 2 atom stereocenters. The Balaban J connectivity index is 1.89. The molecule has 2 unspecified atom stereocenters. The lowest BCUT2D eigenvalue weighted by Crippen LogP contribution is -2.47. The van der Waals surface area contributed by atoms with E-state index in [-0.39, 0.29) is 17.7 Å². The molecule has 0 radical (unpaired) electrons. The predicted octanol–water partition coefficient (Wildman–Crippen LogP) is 4.22. The Hall–Kier alpha value is -2.35. The van der Waals surface area contributed by atoms with Crippen molar-refractivity contribution in [3.8, 4) is 0 Å². The fraction of sp³-hybridized carbons (Fsp3) is 0.318. The number of nitrogens with one attached hydrogen (secondary N) is 1. The van der Waals surface area contributed by atoms with Crippen molar-refractivity contribution in [1.29, 1.82) is 0 Å². The van der Waals surface area contributed by atoms with Gasteiger partial charge >= 0.3 is 0 Å². The van der Waals surface area contributed by atoms with Crippen LogP contribution < -0.4 is 5.32 Å². The van der Waals surface area contributed by atoms with Crippen LogP contribution >= 0.6 is 0 Å². The van der Waals surface area contributed by atoms with E-state index in [1.807, 2.05) is 0 Å². The van der Waals surface area contributed by atoms with Crippen molar-refractivity contribution in [2.24, 2.45) is 11.8 Å². The molecule has 0 saturated carbocycles. The first kappa shape index (κ1) is 15.2. The summed E-state index contributed by atoms with van der Waals surface area (Å²) in [5, 5.41) is 3.06. The van der Waals surface area contributed by atoms with Gasteiger partial charge in [0.25, 0.3) is 0 Å².